The number of carbonyl (C=O) groups excluding carboxylic acids is 1. The number of methoxy groups -OCH3 is 1. The monoisotopic (exact) mass is 357 g/mol. The number of rotatable bonds is 5. The van der Waals surface area contributed by atoms with Crippen LogP contribution in [0.2, 0.25) is 5.02 Å². The van der Waals surface area contributed by atoms with Crippen LogP contribution >= 0.6 is 11.6 Å². The van der Waals surface area contributed by atoms with E-state index in [1.807, 2.05) is 0 Å². The van der Waals surface area contributed by atoms with Gasteiger partial charge < -0.3 is 4.74 Å². The van der Waals surface area contributed by atoms with Crippen LogP contribution in [-0.2, 0) is 21.3 Å². The standard InChI is InChI=1S/C15H13ClFNO4S/c1-22-15(19)13-7-2-10(8-14(13)17)9-18-23(20,21)12-5-3-11(16)4-6-12/h2-8,18H,9H2,1H3. The Morgan fingerprint density at radius 2 is 1.87 bits per heavy atom. The molecule has 122 valence electrons. The fourth-order valence-electron chi connectivity index (χ4n) is 1.82. The second-order valence-electron chi connectivity index (χ2n) is 4.58. The van der Waals surface area contributed by atoms with Crippen LogP contribution in [-0.4, -0.2) is 21.5 Å². The molecule has 0 unspecified atom stereocenters. The van der Waals surface area contributed by atoms with Crippen molar-refractivity contribution in [2.75, 3.05) is 7.11 Å². The van der Waals surface area contributed by atoms with Gasteiger partial charge in [-0.1, -0.05) is 17.7 Å². The van der Waals surface area contributed by atoms with Gasteiger partial charge in [0, 0.05) is 11.6 Å². The lowest BCUT2D eigenvalue weighted by Crippen LogP contribution is -2.23. The molecule has 0 atom stereocenters. The van der Waals surface area contributed by atoms with Crippen molar-refractivity contribution in [3.63, 3.8) is 0 Å². The summed E-state index contributed by atoms with van der Waals surface area (Å²) in [5, 5.41) is 0.421. The van der Waals surface area contributed by atoms with Crippen molar-refractivity contribution in [3.05, 3.63) is 64.4 Å². The van der Waals surface area contributed by atoms with Gasteiger partial charge in [0.05, 0.1) is 17.6 Å². The van der Waals surface area contributed by atoms with Crippen molar-refractivity contribution < 1.29 is 22.3 Å². The van der Waals surface area contributed by atoms with Crippen LogP contribution in [0.15, 0.2) is 47.4 Å². The predicted molar refractivity (Wildman–Crippen MR) is 83.2 cm³/mol. The molecule has 0 heterocycles. The molecule has 1 N–H and O–H groups in total. The summed E-state index contributed by atoms with van der Waals surface area (Å²) in [6, 6.07) is 9.42. The second-order valence-corrected chi connectivity index (χ2v) is 6.79. The van der Waals surface area contributed by atoms with Crippen LogP contribution in [0.3, 0.4) is 0 Å². The number of halogens is 2. The van der Waals surface area contributed by atoms with Crippen LogP contribution < -0.4 is 4.72 Å². The first-order valence-corrected chi connectivity index (χ1v) is 8.31. The number of sulfonamides is 1. The van der Waals surface area contributed by atoms with Crippen LogP contribution in [0.25, 0.3) is 0 Å². The largest absolute Gasteiger partial charge is 0.465 e. The van der Waals surface area contributed by atoms with E-state index in [9.17, 15) is 17.6 Å². The number of esters is 1. The molecule has 0 aromatic heterocycles. The molecule has 0 aliphatic heterocycles. The molecule has 5 nitrogen and oxygen atoms in total. The van der Waals surface area contributed by atoms with Gasteiger partial charge >= 0.3 is 5.97 Å². The maximum atomic E-state index is 13.8. The third kappa shape index (κ3) is 4.28. The maximum Gasteiger partial charge on any atom is 0.340 e. The molecule has 0 radical (unpaired) electrons. The summed E-state index contributed by atoms with van der Waals surface area (Å²) in [4.78, 5) is 11.3. The zero-order valence-electron chi connectivity index (χ0n) is 12.0. The summed E-state index contributed by atoms with van der Waals surface area (Å²) >= 11 is 5.71. The normalized spacial score (nSPS) is 11.3. The molecule has 0 spiro atoms. The number of carbonyl (C=O) groups is 1. The van der Waals surface area contributed by atoms with Crippen LogP contribution in [0, 0.1) is 5.82 Å². The van der Waals surface area contributed by atoms with Gasteiger partial charge in [-0.25, -0.2) is 22.3 Å². The molecule has 2 aromatic rings. The van der Waals surface area contributed by atoms with Gasteiger partial charge in [0.25, 0.3) is 0 Å². The van der Waals surface area contributed by atoms with Crippen molar-refractivity contribution in [2.45, 2.75) is 11.4 Å². The molecule has 8 heteroatoms. The van der Waals surface area contributed by atoms with Crippen molar-refractivity contribution in [1.82, 2.24) is 4.72 Å². The number of hydrogen-bond donors (Lipinski definition) is 1. The molecule has 0 aliphatic rings. The summed E-state index contributed by atoms with van der Waals surface area (Å²) in [5.41, 5.74) is 0.157. The Bertz CT molecular complexity index is 822. The second kappa shape index (κ2) is 7.08. The minimum absolute atomic E-state index is 0.0496. The summed E-state index contributed by atoms with van der Waals surface area (Å²) in [5.74, 6) is -1.57. The van der Waals surface area contributed by atoms with Crippen molar-refractivity contribution in [1.29, 1.82) is 0 Å². The minimum Gasteiger partial charge on any atom is -0.465 e. The molecule has 23 heavy (non-hydrogen) atoms. The molecule has 0 fully saturated rings. The van der Waals surface area contributed by atoms with E-state index in [2.05, 4.69) is 9.46 Å². The van der Waals surface area contributed by atoms with Crippen LogP contribution in [0.5, 0.6) is 0 Å². The van der Waals surface area contributed by atoms with E-state index < -0.39 is 21.8 Å². The zero-order chi connectivity index (χ0) is 17.0. The van der Waals surface area contributed by atoms with Gasteiger partial charge in [0.15, 0.2) is 0 Å². The Labute approximate surface area is 138 Å². The van der Waals surface area contributed by atoms with E-state index in [-0.39, 0.29) is 17.0 Å². The van der Waals surface area contributed by atoms with Gasteiger partial charge in [-0.2, -0.15) is 0 Å². The minimum atomic E-state index is -3.74. The highest BCUT2D eigenvalue weighted by molar-refractivity contribution is 7.89. The van der Waals surface area contributed by atoms with Gasteiger partial charge in [0.1, 0.15) is 5.82 Å². The first-order valence-electron chi connectivity index (χ1n) is 6.45. The van der Waals surface area contributed by atoms with Gasteiger partial charge in [-0.15, -0.1) is 0 Å². The average molecular weight is 358 g/mol. The number of benzene rings is 2. The number of nitrogens with one attached hydrogen (secondary N) is 1. The summed E-state index contributed by atoms with van der Waals surface area (Å²) in [7, 11) is -2.59. The van der Waals surface area contributed by atoms with E-state index in [4.69, 9.17) is 11.6 Å². The lowest BCUT2D eigenvalue weighted by atomic mass is 10.1. The highest BCUT2D eigenvalue weighted by atomic mass is 35.5. The van der Waals surface area contributed by atoms with Crippen molar-refractivity contribution >= 4 is 27.6 Å². The molecule has 0 saturated carbocycles. The fourth-order valence-corrected chi connectivity index (χ4v) is 2.96. The molecule has 0 amide bonds. The zero-order valence-corrected chi connectivity index (χ0v) is 13.6. The molecule has 0 aliphatic carbocycles. The fraction of sp³-hybridized carbons (Fsp3) is 0.133. The van der Waals surface area contributed by atoms with Gasteiger partial charge in [-0.05, 0) is 42.0 Å². The number of hydrogen-bond acceptors (Lipinski definition) is 4. The lowest BCUT2D eigenvalue weighted by molar-refractivity contribution is 0.0595. The Hall–Kier alpha value is -1.96. The Kier molecular flexibility index (Phi) is 5.35. The van der Waals surface area contributed by atoms with Gasteiger partial charge in [0.2, 0.25) is 10.0 Å². The molecular weight excluding hydrogens is 345 g/mol. The maximum absolute atomic E-state index is 13.8. The Morgan fingerprint density at radius 1 is 1.22 bits per heavy atom. The molecule has 2 rings (SSSR count). The lowest BCUT2D eigenvalue weighted by Gasteiger charge is -2.08. The summed E-state index contributed by atoms with van der Waals surface area (Å²) in [6.45, 7) is -0.122. The molecule has 0 bridgehead atoms. The van der Waals surface area contributed by atoms with E-state index in [0.29, 0.717) is 10.6 Å². The third-order valence-electron chi connectivity index (χ3n) is 3.03. The van der Waals surface area contributed by atoms with Gasteiger partial charge in [-0.3, -0.25) is 0 Å². The molecular formula is C15H13ClFNO4S. The SMILES string of the molecule is COC(=O)c1ccc(CNS(=O)(=O)c2ccc(Cl)cc2)cc1F. The van der Waals surface area contributed by atoms with E-state index in [1.54, 1.807) is 0 Å². The van der Waals surface area contributed by atoms with Crippen molar-refractivity contribution in [2.24, 2.45) is 0 Å². The van der Waals surface area contributed by atoms with E-state index in [0.717, 1.165) is 13.2 Å². The van der Waals surface area contributed by atoms with E-state index >= 15 is 0 Å². The average Bonchev–Trinajstić information content (AvgIpc) is 2.53. The third-order valence-corrected chi connectivity index (χ3v) is 4.70. The van der Waals surface area contributed by atoms with Crippen LogP contribution in [0.4, 0.5) is 4.39 Å². The topological polar surface area (TPSA) is 72.5 Å². The first-order chi connectivity index (χ1) is 10.8. The highest BCUT2D eigenvalue weighted by Gasteiger charge is 2.15. The van der Waals surface area contributed by atoms with Crippen molar-refractivity contribution in [3.8, 4) is 0 Å². The molecule has 2 aromatic carbocycles. The van der Waals surface area contributed by atoms with E-state index in [1.165, 1.54) is 36.4 Å². The smallest absolute Gasteiger partial charge is 0.340 e. The quantitative estimate of drug-likeness (QED) is 0.835. The predicted octanol–water partition coefficient (Wildman–Crippen LogP) is 2.74. The number of ether oxygens (including phenoxy) is 1. The Balaban J connectivity index is 2.13. The first kappa shape index (κ1) is 17.4. The van der Waals surface area contributed by atoms with Crippen LogP contribution in [0.1, 0.15) is 15.9 Å². The molecule has 0 saturated heterocycles. The highest BCUT2D eigenvalue weighted by Crippen LogP contribution is 2.15. The summed E-state index contributed by atoms with van der Waals surface area (Å²) in [6.07, 6.45) is 0. The Morgan fingerprint density at radius 3 is 2.43 bits per heavy atom. The summed E-state index contributed by atoms with van der Waals surface area (Å²) < 4.78 is 44.8.